The van der Waals surface area contributed by atoms with E-state index in [-0.39, 0.29) is 33.7 Å². The highest BCUT2D eigenvalue weighted by molar-refractivity contribution is 6.12. The molecule has 0 aromatic heterocycles. The zero-order valence-electron chi connectivity index (χ0n) is 26.2. The number of nitrogens with one attached hydrogen (secondary N) is 1. The zero-order chi connectivity index (χ0) is 36.1. The van der Waals surface area contributed by atoms with E-state index in [1.165, 1.54) is 74.4 Å². The third-order valence-corrected chi connectivity index (χ3v) is 7.49. The fourth-order valence-corrected chi connectivity index (χ4v) is 4.83. The van der Waals surface area contributed by atoms with Crippen molar-refractivity contribution in [1.82, 2.24) is 4.90 Å². The molecule has 11 nitrogen and oxygen atoms in total. The number of carbonyl (C=O) groups is 5. The normalized spacial score (nSPS) is 11.3. The van der Waals surface area contributed by atoms with Crippen molar-refractivity contribution in [2.24, 2.45) is 0 Å². The van der Waals surface area contributed by atoms with Crippen LogP contribution in [0.25, 0.3) is 11.1 Å². The van der Waals surface area contributed by atoms with E-state index in [0.29, 0.717) is 11.1 Å². The molecule has 0 aliphatic carbocycles. The molecule has 2 amide bonds. The summed E-state index contributed by atoms with van der Waals surface area (Å²) in [5, 5.41) is 22.3. The number of aliphatic carboxylic acids is 2. The highest BCUT2D eigenvalue weighted by Crippen LogP contribution is 2.33. The summed E-state index contributed by atoms with van der Waals surface area (Å²) in [4.78, 5) is 64.9. The van der Waals surface area contributed by atoms with Gasteiger partial charge in [0, 0.05) is 19.7 Å². The molecule has 0 aliphatic rings. The Bertz CT molecular complexity index is 1890. The number of carbonyl (C=O) groups excluding carboxylic acids is 3. The summed E-state index contributed by atoms with van der Waals surface area (Å²) < 4.78 is 49.5. The lowest BCUT2D eigenvalue weighted by Gasteiger charge is -2.24. The van der Waals surface area contributed by atoms with Crippen LogP contribution in [0, 0.1) is 6.92 Å². The molecule has 0 aliphatic heterocycles. The molecule has 49 heavy (non-hydrogen) atoms. The van der Waals surface area contributed by atoms with Crippen molar-refractivity contribution < 1.29 is 56.8 Å². The number of amides is 2. The molecular weight excluding hydrogens is 649 g/mol. The largest absolute Gasteiger partial charge is 0.513 e. The van der Waals surface area contributed by atoms with Gasteiger partial charge in [-0.2, -0.15) is 13.2 Å². The monoisotopic (exact) mass is 678 g/mol. The van der Waals surface area contributed by atoms with Gasteiger partial charge in [-0.3, -0.25) is 19.2 Å². The lowest BCUT2D eigenvalue weighted by Crippen LogP contribution is -2.48. The number of anilines is 1. The van der Waals surface area contributed by atoms with Gasteiger partial charge < -0.3 is 29.9 Å². The van der Waals surface area contributed by atoms with Crippen molar-refractivity contribution in [3.63, 3.8) is 0 Å². The van der Waals surface area contributed by atoms with Gasteiger partial charge in [-0.05, 0) is 59.5 Å². The summed E-state index contributed by atoms with van der Waals surface area (Å²) in [6.45, 7) is 0.344. The zero-order valence-corrected chi connectivity index (χ0v) is 26.2. The van der Waals surface area contributed by atoms with Gasteiger partial charge in [0.05, 0.1) is 16.8 Å². The van der Waals surface area contributed by atoms with Gasteiger partial charge in [0.2, 0.25) is 5.41 Å². The molecule has 3 N–H and O–H groups in total. The number of hydrogen-bond acceptors (Lipinski definition) is 7. The van der Waals surface area contributed by atoms with Gasteiger partial charge in [-0.15, -0.1) is 0 Å². The van der Waals surface area contributed by atoms with Crippen LogP contribution >= 0.6 is 0 Å². The second kappa shape index (κ2) is 14.3. The van der Waals surface area contributed by atoms with Crippen molar-refractivity contribution in [1.29, 1.82) is 0 Å². The third kappa shape index (κ3) is 7.70. The fraction of sp³-hybridized carbons (Fsp3) is 0.171. The molecule has 254 valence electrons. The average molecular weight is 679 g/mol. The third-order valence-electron chi connectivity index (χ3n) is 7.49. The van der Waals surface area contributed by atoms with Gasteiger partial charge in [-0.25, -0.2) is 4.79 Å². The number of carboxylic acid groups (broad SMARTS) is 2. The Hall–Kier alpha value is -6.18. The maximum atomic E-state index is 13.5. The molecule has 4 rings (SSSR count). The molecule has 4 aromatic carbocycles. The molecular formula is C35H29F3N2O9. The van der Waals surface area contributed by atoms with Crippen LogP contribution in [0.2, 0.25) is 0 Å². The summed E-state index contributed by atoms with van der Waals surface area (Å²) in [7, 11) is 2.87. The lowest BCUT2D eigenvalue weighted by atomic mass is 9.81. The summed E-state index contributed by atoms with van der Waals surface area (Å²) in [5.41, 5.74) is -2.82. The van der Waals surface area contributed by atoms with Crippen LogP contribution in [0.5, 0.6) is 5.75 Å². The van der Waals surface area contributed by atoms with Crippen molar-refractivity contribution in [3.05, 3.63) is 119 Å². The Morgan fingerprint density at radius 3 is 1.94 bits per heavy atom. The van der Waals surface area contributed by atoms with Gasteiger partial charge >= 0.3 is 24.3 Å². The predicted molar refractivity (Wildman–Crippen MR) is 169 cm³/mol. The molecule has 0 unspecified atom stereocenters. The maximum Gasteiger partial charge on any atom is 0.513 e. The Labute approximate surface area is 277 Å². The Morgan fingerprint density at radius 2 is 1.37 bits per heavy atom. The maximum absolute atomic E-state index is 13.5. The molecule has 0 fully saturated rings. The second-order valence-electron chi connectivity index (χ2n) is 11.0. The quantitative estimate of drug-likeness (QED) is 0.100. The van der Waals surface area contributed by atoms with Crippen LogP contribution in [0.1, 0.15) is 37.4 Å². The predicted octanol–water partition coefficient (Wildman–Crippen LogP) is 6.26. The van der Waals surface area contributed by atoms with Gasteiger partial charge in [-0.1, -0.05) is 60.7 Å². The number of hydrogen-bond donors (Lipinski definition) is 3. The summed E-state index contributed by atoms with van der Waals surface area (Å²) in [5.74, 6) is -5.10. The standard InChI is InChI=1S/C35H29F3N2O9/c1-20-17-27(39-29(41)25-12-8-7-11-24(25)21-13-15-23(16-14-21)35(36,37)38)26(30(42)40(2)3)18-28(20)49-33(47)48-19-34(31(43)44,32(45)46)22-9-5-4-6-10-22/h4-18H,19H2,1-3H3,(H,39,41)(H,43,44)(H,45,46). The van der Waals surface area contributed by atoms with Gasteiger partial charge in [0.1, 0.15) is 12.4 Å². The van der Waals surface area contributed by atoms with Crippen molar-refractivity contribution in [3.8, 4) is 16.9 Å². The van der Waals surface area contributed by atoms with Crippen molar-refractivity contribution >= 4 is 35.6 Å². The number of ether oxygens (including phenoxy) is 2. The topological polar surface area (TPSA) is 160 Å². The SMILES string of the molecule is Cc1cc(NC(=O)c2ccccc2-c2ccc(C(F)(F)F)cc2)c(C(=O)N(C)C)cc1OC(=O)OCC(C(=O)O)(C(=O)O)c1ccccc1. The van der Waals surface area contributed by atoms with E-state index in [1.54, 1.807) is 24.3 Å². The van der Waals surface area contributed by atoms with E-state index in [9.17, 15) is 47.4 Å². The average Bonchev–Trinajstić information content (AvgIpc) is 3.05. The minimum Gasteiger partial charge on any atom is -0.480 e. The first-order chi connectivity index (χ1) is 23.1. The van der Waals surface area contributed by atoms with Crippen molar-refractivity contribution in [2.75, 3.05) is 26.0 Å². The fourth-order valence-electron chi connectivity index (χ4n) is 4.83. The molecule has 0 atom stereocenters. The molecule has 0 saturated heterocycles. The number of benzene rings is 4. The van der Waals surface area contributed by atoms with E-state index in [4.69, 9.17) is 9.47 Å². The summed E-state index contributed by atoms with van der Waals surface area (Å²) >= 11 is 0. The number of rotatable bonds is 10. The van der Waals surface area contributed by atoms with Crippen LogP contribution < -0.4 is 10.1 Å². The smallest absolute Gasteiger partial charge is 0.480 e. The molecule has 0 spiro atoms. The highest BCUT2D eigenvalue weighted by Gasteiger charge is 2.50. The number of aryl methyl sites for hydroxylation is 1. The first-order valence-electron chi connectivity index (χ1n) is 14.4. The van der Waals surface area contributed by atoms with Crippen LogP contribution in [0.15, 0.2) is 91.0 Å². The van der Waals surface area contributed by atoms with Gasteiger partial charge in [0.25, 0.3) is 11.8 Å². The highest BCUT2D eigenvalue weighted by atomic mass is 19.4. The van der Waals surface area contributed by atoms with Crippen LogP contribution in [0.3, 0.4) is 0 Å². The van der Waals surface area contributed by atoms with E-state index >= 15 is 0 Å². The molecule has 4 aromatic rings. The second-order valence-corrected chi connectivity index (χ2v) is 11.0. The molecule has 14 heteroatoms. The van der Waals surface area contributed by atoms with Crippen LogP contribution in [-0.4, -0.2) is 65.7 Å². The van der Waals surface area contributed by atoms with Crippen LogP contribution in [0.4, 0.5) is 23.7 Å². The number of carboxylic acids is 2. The van der Waals surface area contributed by atoms with E-state index in [1.807, 2.05) is 0 Å². The summed E-state index contributed by atoms with van der Waals surface area (Å²) in [6, 6.07) is 19.9. The Morgan fingerprint density at radius 1 is 0.776 bits per heavy atom. The first kappa shape index (κ1) is 35.7. The molecule has 0 radical (unpaired) electrons. The van der Waals surface area contributed by atoms with E-state index in [2.05, 4.69) is 5.32 Å². The van der Waals surface area contributed by atoms with Gasteiger partial charge in [0.15, 0.2) is 0 Å². The summed E-state index contributed by atoms with van der Waals surface area (Å²) in [6.07, 6.45) is -6.00. The first-order valence-corrected chi connectivity index (χ1v) is 14.4. The lowest BCUT2D eigenvalue weighted by molar-refractivity contribution is -0.160. The Kier molecular flexibility index (Phi) is 10.4. The van der Waals surface area contributed by atoms with Crippen molar-refractivity contribution in [2.45, 2.75) is 18.5 Å². The minimum absolute atomic E-state index is 0.00369. The van der Waals surface area contributed by atoms with E-state index in [0.717, 1.165) is 18.2 Å². The van der Waals surface area contributed by atoms with Crippen LogP contribution in [-0.2, 0) is 25.9 Å². The molecule has 0 bridgehead atoms. The molecule has 0 saturated carbocycles. The number of alkyl halides is 3. The number of halogens is 3. The van der Waals surface area contributed by atoms with E-state index < -0.39 is 53.7 Å². The Balaban J connectivity index is 1.62. The molecule has 0 heterocycles. The number of nitrogens with zero attached hydrogens (tertiary/aromatic N) is 1. The minimum atomic E-state index is -4.54.